The molecule has 0 spiro atoms. The Bertz CT molecular complexity index is 448. The molecule has 0 saturated carbocycles. The molecule has 0 radical (unpaired) electrons. The van der Waals surface area contributed by atoms with Gasteiger partial charge in [-0.1, -0.05) is 0 Å². The minimum atomic E-state index is -4.45. The van der Waals surface area contributed by atoms with Gasteiger partial charge in [-0.05, 0) is 19.3 Å². The van der Waals surface area contributed by atoms with Crippen LogP contribution in [0, 0.1) is 0 Å². The van der Waals surface area contributed by atoms with Gasteiger partial charge in [-0.25, -0.2) is 0 Å². The molecule has 0 rings (SSSR count). The van der Waals surface area contributed by atoms with Gasteiger partial charge in [0.15, 0.2) is 0 Å². The van der Waals surface area contributed by atoms with Crippen molar-refractivity contribution in [2.75, 3.05) is 5.75 Å². The van der Waals surface area contributed by atoms with Crippen molar-refractivity contribution in [3.8, 4) is 0 Å². The summed E-state index contributed by atoms with van der Waals surface area (Å²) in [5, 5.41) is 6.96. The van der Waals surface area contributed by atoms with E-state index >= 15 is 0 Å². The maximum absolute atomic E-state index is 10.9. The molecule has 0 heterocycles. The molecular formula is C7H14O8S2. The number of rotatable bonds is 8. The lowest BCUT2D eigenvalue weighted by Crippen LogP contribution is -2.24. The molecule has 0 fully saturated rings. The summed E-state index contributed by atoms with van der Waals surface area (Å²) in [6.07, 6.45) is -0.943. The molecule has 10 heteroatoms. The summed E-state index contributed by atoms with van der Waals surface area (Å²) in [6.45, 7) is 0. The molecule has 1 atom stereocenters. The molecule has 0 amide bonds. The number of carboxylic acid groups (broad SMARTS) is 1. The molecule has 0 aliphatic heterocycles. The van der Waals surface area contributed by atoms with Gasteiger partial charge in [0.1, 0.15) is 0 Å². The van der Waals surface area contributed by atoms with Crippen LogP contribution in [-0.4, -0.2) is 48.0 Å². The van der Waals surface area contributed by atoms with E-state index in [9.17, 15) is 21.6 Å². The minimum absolute atomic E-state index is 0.00866. The summed E-state index contributed by atoms with van der Waals surface area (Å²) in [5.41, 5.74) is 0. The fraction of sp³-hybridized carbons (Fsp3) is 0.857. The van der Waals surface area contributed by atoms with E-state index in [0.29, 0.717) is 0 Å². The van der Waals surface area contributed by atoms with Crippen LogP contribution in [0.1, 0.15) is 25.7 Å². The number of carbonyl (C=O) groups is 1. The number of hydrogen-bond donors (Lipinski definition) is 3. The number of aliphatic carboxylic acids is 1. The Morgan fingerprint density at radius 1 is 1.06 bits per heavy atom. The third-order valence-corrected chi connectivity index (χ3v) is 4.10. The van der Waals surface area contributed by atoms with Crippen LogP contribution in [-0.2, 0) is 25.0 Å². The van der Waals surface area contributed by atoms with Crippen LogP contribution in [0.25, 0.3) is 0 Å². The lowest BCUT2D eigenvalue weighted by Gasteiger charge is -2.11. The van der Waals surface area contributed by atoms with Gasteiger partial charge in [0.2, 0.25) is 0 Å². The van der Waals surface area contributed by atoms with Gasteiger partial charge in [0, 0.05) is 6.42 Å². The summed E-state index contributed by atoms with van der Waals surface area (Å²) in [4.78, 5) is 10.2. The third kappa shape index (κ3) is 9.03. The SMILES string of the molecule is O=C(O)CCCC(CCS(=O)(=O)O)S(=O)(=O)O. The van der Waals surface area contributed by atoms with Gasteiger partial charge in [0.05, 0.1) is 11.0 Å². The molecule has 1 unspecified atom stereocenters. The van der Waals surface area contributed by atoms with E-state index in [4.69, 9.17) is 14.2 Å². The second-order valence-electron chi connectivity index (χ2n) is 3.50. The summed E-state index contributed by atoms with van der Waals surface area (Å²) in [7, 11) is -8.77. The normalized spacial score (nSPS) is 14.5. The zero-order chi connectivity index (χ0) is 13.7. The first-order valence-corrected chi connectivity index (χ1v) is 7.77. The van der Waals surface area contributed by atoms with E-state index in [1.165, 1.54) is 0 Å². The largest absolute Gasteiger partial charge is 0.481 e. The Morgan fingerprint density at radius 2 is 1.59 bits per heavy atom. The number of carboxylic acids is 1. The van der Waals surface area contributed by atoms with Crippen LogP contribution in [0.4, 0.5) is 0 Å². The molecule has 8 nitrogen and oxygen atoms in total. The van der Waals surface area contributed by atoms with E-state index in [1.54, 1.807) is 0 Å². The summed E-state index contributed by atoms with van der Waals surface area (Å²) in [6, 6.07) is 0. The van der Waals surface area contributed by atoms with Gasteiger partial charge in [0.25, 0.3) is 20.2 Å². The Morgan fingerprint density at radius 3 is 1.94 bits per heavy atom. The first kappa shape index (κ1) is 16.3. The fourth-order valence-corrected chi connectivity index (χ4v) is 2.82. The van der Waals surface area contributed by atoms with Gasteiger partial charge < -0.3 is 5.11 Å². The first-order valence-electron chi connectivity index (χ1n) is 4.65. The summed E-state index contributed by atoms with van der Waals surface area (Å²) in [5.74, 6) is -1.92. The minimum Gasteiger partial charge on any atom is -0.481 e. The van der Waals surface area contributed by atoms with Crippen molar-refractivity contribution in [2.45, 2.75) is 30.9 Å². The van der Waals surface area contributed by atoms with Crippen molar-refractivity contribution in [3.05, 3.63) is 0 Å². The molecule has 102 valence electrons. The molecule has 0 saturated heterocycles. The predicted molar refractivity (Wildman–Crippen MR) is 57.9 cm³/mol. The van der Waals surface area contributed by atoms with Gasteiger partial charge in [-0.2, -0.15) is 16.8 Å². The first-order chi connectivity index (χ1) is 7.52. The van der Waals surface area contributed by atoms with Crippen molar-refractivity contribution in [1.29, 1.82) is 0 Å². The zero-order valence-electron chi connectivity index (χ0n) is 8.81. The van der Waals surface area contributed by atoms with Crippen LogP contribution >= 0.6 is 0 Å². The fourth-order valence-electron chi connectivity index (χ4n) is 1.20. The standard InChI is InChI=1S/C7H14O8S2/c8-7(9)3-1-2-6(17(13,14)15)4-5-16(10,11)12/h6H,1-5H2,(H,8,9)(H,10,11,12)(H,13,14,15). The van der Waals surface area contributed by atoms with Gasteiger partial charge in [-0.15, -0.1) is 0 Å². The maximum atomic E-state index is 10.9. The Kier molecular flexibility index (Phi) is 6.02. The quantitative estimate of drug-likeness (QED) is 0.520. The van der Waals surface area contributed by atoms with E-state index in [1.807, 2.05) is 0 Å². The Balaban J connectivity index is 4.42. The highest BCUT2D eigenvalue weighted by atomic mass is 32.2. The van der Waals surface area contributed by atoms with E-state index in [0.717, 1.165) is 0 Å². The molecule has 3 N–H and O–H groups in total. The molecule has 0 aromatic rings. The molecule has 0 aromatic carbocycles. The van der Waals surface area contributed by atoms with Crippen LogP contribution < -0.4 is 0 Å². The monoisotopic (exact) mass is 290 g/mol. The lowest BCUT2D eigenvalue weighted by atomic mass is 10.1. The molecule has 0 aliphatic rings. The highest BCUT2D eigenvalue weighted by Gasteiger charge is 2.24. The van der Waals surface area contributed by atoms with Gasteiger partial charge >= 0.3 is 5.97 Å². The predicted octanol–water partition coefficient (Wildman–Crippen LogP) is -0.224. The van der Waals surface area contributed by atoms with Crippen LogP contribution in [0.3, 0.4) is 0 Å². The van der Waals surface area contributed by atoms with Crippen molar-refractivity contribution in [1.82, 2.24) is 0 Å². The van der Waals surface area contributed by atoms with Crippen LogP contribution in [0.15, 0.2) is 0 Å². The average molecular weight is 290 g/mol. The topological polar surface area (TPSA) is 146 Å². The highest BCUT2D eigenvalue weighted by Crippen LogP contribution is 2.14. The van der Waals surface area contributed by atoms with E-state index < -0.39 is 43.6 Å². The molecule has 0 aromatic heterocycles. The number of hydrogen-bond acceptors (Lipinski definition) is 5. The molecular weight excluding hydrogens is 276 g/mol. The van der Waals surface area contributed by atoms with Crippen molar-refractivity contribution >= 4 is 26.2 Å². The smallest absolute Gasteiger partial charge is 0.303 e. The van der Waals surface area contributed by atoms with E-state index in [2.05, 4.69) is 0 Å². The maximum Gasteiger partial charge on any atom is 0.303 e. The lowest BCUT2D eigenvalue weighted by molar-refractivity contribution is -0.137. The van der Waals surface area contributed by atoms with Crippen molar-refractivity contribution < 1.29 is 35.8 Å². The molecule has 0 bridgehead atoms. The Hall–Kier alpha value is -0.710. The summed E-state index contributed by atoms with van der Waals surface area (Å²) < 4.78 is 59.8. The molecule has 0 aliphatic carbocycles. The Labute approximate surface area is 99.1 Å². The van der Waals surface area contributed by atoms with E-state index in [-0.39, 0.29) is 19.3 Å². The van der Waals surface area contributed by atoms with Crippen molar-refractivity contribution in [2.24, 2.45) is 0 Å². The third-order valence-electron chi connectivity index (χ3n) is 2.04. The zero-order valence-corrected chi connectivity index (χ0v) is 10.4. The summed E-state index contributed by atoms with van der Waals surface area (Å²) >= 11 is 0. The molecule has 17 heavy (non-hydrogen) atoms. The second-order valence-corrected chi connectivity index (χ2v) is 6.77. The van der Waals surface area contributed by atoms with Crippen molar-refractivity contribution in [3.63, 3.8) is 0 Å². The average Bonchev–Trinajstić information content (AvgIpc) is 2.06. The second kappa shape index (κ2) is 6.28. The van der Waals surface area contributed by atoms with Crippen LogP contribution in [0.2, 0.25) is 0 Å². The highest BCUT2D eigenvalue weighted by molar-refractivity contribution is 7.87. The van der Waals surface area contributed by atoms with Gasteiger partial charge in [-0.3, -0.25) is 13.9 Å². The van der Waals surface area contributed by atoms with Crippen LogP contribution in [0.5, 0.6) is 0 Å².